The standard InChI is InChI=1S/C10H20O3/c1-9(2)8-10(11)4-5-13-7-6-12-3/h9H,4-8H2,1-3H3. The maximum atomic E-state index is 11.2. The van der Waals surface area contributed by atoms with E-state index in [1.807, 2.05) is 13.8 Å². The quantitative estimate of drug-likeness (QED) is 0.543. The summed E-state index contributed by atoms with van der Waals surface area (Å²) >= 11 is 0. The predicted molar refractivity (Wildman–Crippen MR) is 51.8 cm³/mol. The van der Waals surface area contributed by atoms with Crippen LogP contribution >= 0.6 is 0 Å². The van der Waals surface area contributed by atoms with E-state index in [9.17, 15) is 4.79 Å². The van der Waals surface area contributed by atoms with E-state index < -0.39 is 0 Å². The summed E-state index contributed by atoms with van der Waals surface area (Å²) in [6.45, 7) is 5.78. The number of Topliss-reactive ketones (excluding diaryl/α,β-unsaturated/α-hetero) is 1. The monoisotopic (exact) mass is 188 g/mol. The molecule has 0 fully saturated rings. The lowest BCUT2D eigenvalue weighted by atomic mass is 10.1. The highest BCUT2D eigenvalue weighted by molar-refractivity contribution is 5.78. The highest BCUT2D eigenvalue weighted by Gasteiger charge is 2.04. The number of hydrogen-bond donors (Lipinski definition) is 0. The molecule has 0 saturated heterocycles. The predicted octanol–water partition coefficient (Wildman–Crippen LogP) is 1.65. The first-order valence-electron chi connectivity index (χ1n) is 4.75. The molecule has 0 amide bonds. The van der Waals surface area contributed by atoms with Crippen molar-refractivity contribution in [2.45, 2.75) is 26.7 Å². The molecule has 3 heteroatoms. The lowest BCUT2D eigenvalue weighted by Crippen LogP contribution is -2.09. The van der Waals surface area contributed by atoms with Crippen LogP contribution < -0.4 is 0 Å². The van der Waals surface area contributed by atoms with Gasteiger partial charge in [0.05, 0.1) is 19.8 Å². The summed E-state index contributed by atoms with van der Waals surface area (Å²) in [7, 11) is 1.63. The fourth-order valence-electron chi connectivity index (χ4n) is 0.988. The van der Waals surface area contributed by atoms with Gasteiger partial charge in [-0.1, -0.05) is 13.8 Å². The zero-order valence-electron chi connectivity index (χ0n) is 8.84. The van der Waals surface area contributed by atoms with Gasteiger partial charge in [-0.05, 0) is 5.92 Å². The molecular weight excluding hydrogens is 168 g/mol. The minimum Gasteiger partial charge on any atom is -0.382 e. The van der Waals surface area contributed by atoms with Crippen molar-refractivity contribution < 1.29 is 14.3 Å². The van der Waals surface area contributed by atoms with Crippen molar-refractivity contribution in [2.24, 2.45) is 5.92 Å². The molecule has 0 aromatic rings. The van der Waals surface area contributed by atoms with Crippen molar-refractivity contribution in [3.8, 4) is 0 Å². The first kappa shape index (κ1) is 12.6. The van der Waals surface area contributed by atoms with E-state index in [0.29, 0.717) is 38.6 Å². The van der Waals surface area contributed by atoms with Crippen molar-refractivity contribution in [1.82, 2.24) is 0 Å². The van der Waals surface area contributed by atoms with Crippen LogP contribution in [0.5, 0.6) is 0 Å². The Hall–Kier alpha value is -0.410. The van der Waals surface area contributed by atoms with E-state index in [1.54, 1.807) is 7.11 Å². The molecule has 0 aliphatic heterocycles. The summed E-state index contributed by atoms with van der Waals surface area (Å²) in [6, 6.07) is 0. The maximum absolute atomic E-state index is 11.2. The Kier molecular flexibility index (Phi) is 7.94. The van der Waals surface area contributed by atoms with Crippen LogP contribution in [0.4, 0.5) is 0 Å². The molecule has 0 N–H and O–H groups in total. The third kappa shape index (κ3) is 9.50. The van der Waals surface area contributed by atoms with Gasteiger partial charge in [0.15, 0.2) is 0 Å². The fraction of sp³-hybridized carbons (Fsp3) is 0.900. The lowest BCUT2D eigenvalue weighted by molar-refractivity contribution is -0.120. The first-order chi connectivity index (χ1) is 6.16. The molecular formula is C10H20O3. The smallest absolute Gasteiger partial charge is 0.135 e. The van der Waals surface area contributed by atoms with Crippen LogP contribution in [-0.4, -0.2) is 32.7 Å². The summed E-state index contributed by atoms with van der Waals surface area (Å²) in [6.07, 6.45) is 1.19. The largest absolute Gasteiger partial charge is 0.382 e. The van der Waals surface area contributed by atoms with Gasteiger partial charge in [-0.2, -0.15) is 0 Å². The van der Waals surface area contributed by atoms with Gasteiger partial charge in [-0.15, -0.1) is 0 Å². The molecule has 13 heavy (non-hydrogen) atoms. The van der Waals surface area contributed by atoms with Gasteiger partial charge in [0.2, 0.25) is 0 Å². The van der Waals surface area contributed by atoms with Crippen molar-refractivity contribution in [3.63, 3.8) is 0 Å². The molecule has 0 bridgehead atoms. The number of hydrogen-bond acceptors (Lipinski definition) is 3. The average Bonchev–Trinajstić information content (AvgIpc) is 2.02. The van der Waals surface area contributed by atoms with Gasteiger partial charge >= 0.3 is 0 Å². The van der Waals surface area contributed by atoms with E-state index in [1.165, 1.54) is 0 Å². The molecule has 78 valence electrons. The van der Waals surface area contributed by atoms with Gasteiger partial charge in [-0.3, -0.25) is 4.79 Å². The molecule has 0 aliphatic rings. The molecule has 0 aromatic carbocycles. The van der Waals surface area contributed by atoms with Crippen molar-refractivity contribution in [2.75, 3.05) is 26.9 Å². The molecule has 0 saturated carbocycles. The van der Waals surface area contributed by atoms with Crippen LogP contribution in [0.15, 0.2) is 0 Å². The zero-order valence-corrected chi connectivity index (χ0v) is 8.84. The van der Waals surface area contributed by atoms with E-state index in [0.717, 1.165) is 0 Å². The summed E-state index contributed by atoms with van der Waals surface area (Å²) < 4.78 is 9.98. The average molecular weight is 188 g/mol. The second kappa shape index (κ2) is 8.20. The molecule has 0 unspecified atom stereocenters. The molecule has 0 spiro atoms. The third-order valence-electron chi connectivity index (χ3n) is 1.59. The number of carbonyl (C=O) groups excluding carboxylic acids is 1. The van der Waals surface area contributed by atoms with E-state index >= 15 is 0 Å². The SMILES string of the molecule is COCCOCCC(=O)CC(C)C. The maximum Gasteiger partial charge on any atom is 0.135 e. The molecule has 0 atom stereocenters. The Bertz CT molecular complexity index is 132. The Balaban J connectivity index is 3.17. The molecule has 3 nitrogen and oxygen atoms in total. The van der Waals surface area contributed by atoms with E-state index in [2.05, 4.69) is 0 Å². The summed E-state index contributed by atoms with van der Waals surface area (Å²) in [5.74, 6) is 0.735. The summed E-state index contributed by atoms with van der Waals surface area (Å²) in [5.41, 5.74) is 0. The van der Waals surface area contributed by atoms with Crippen molar-refractivity contribution >= 4 is 5.78 Å². The summed E-state index contributed by atoms with van der Waals surface area (Å²) in [4.78, 5) is 11.2. The summed E-state index contributed by atoms with van der Waals surface area (Å²) in [5, 5.41) is 0. The van der Waals surface area contributed by atoms with Crippen LogP contribution in [0, 0.1) is 5.92 Å². The fourth-order valence-corrected chi connectivity index (χ4v) is 0.988. The molecule has 0 aromatic heterocycles. The Morgan fingerprint density at radius 2 is 1.92 bits per heavy atom. The number of carbonyl (C=O) groups is 1. The topological polar surface area (TPSA) is 35.5 Å². The zero-order chi connectivity index (χ0) is 10.1. The molecule has 0 rings (SSSR count). The van der Waals surface area contributed by atoms with Gasteiger partial charge in [0.25, 0.3) is 0 Å². The van der Waals surface area contributed by atoms with Crippen LogP contribution in [-0.2, 0) is 14.3 Å². The molecule has 0 aliphatic carbocycles. The molecule has 0 radical (unpaired) electrons. The highest BCUT2D eigenvalue weighted by Crippen LogP contribution is 2.02. The van der Waals surface area contributed by atoms with Gasteiger partial charge < -0.3 is 9.47 Å². The van der Waals surface area contributed by atoms with Crippen LogP contribution in [0.1, 0.15) is 26.7 Å². The normalized spacial score (nSPS) is 10.8. The minimum absolute atomic E-state index is 0.285. The minimum atomic E-state index is 0.285. The van der Waals surface area contributed by atoms with Gasteiger partial charge in [-0.25, -0.2) is 0 Å². The van der Waals surface area contributed by atoms with Crippen LogP contribution in [0.2, 0.25) is 0 Å². The Morgan fingerprint density at radius 3 is 2.46 bits per heavy atom. The van der Waals surface area contributed by atoms with Crippen molar-refractivity contribution in [3.05, 3.63) is 0 Å². The molecule has 0 heterocycles. The highest BCUT2D eigenvalue weighted by atomic mass is 16.5. The number of ketones is 1. The first-order valence-corrected chi connectivity index (χ1v) is 4.75. The third-order valence-corrected chi connectivity index (χ3v) is 1.59. The van der Waals surface area contributed by atoms with Crippen LogP contribution in [0.3, 0.4) is 0 Å². The lowest BCUT2D eigenvalue weighted by Gasteiger charge is -2.04. The number of ether oxygens (including phenoxy) is 2. The number of methoxy groups -OCH3 is 1. The van der Waals surface area contributed by atoms with E-state index in [4.69, 9.17) is 9.47 Å². The van der Waals surface area contributed by atoms with Gasteiger partial charge in [0.1, 0.15) is 5.78 Å². The Labute approximate surface area is 80.4 Å². The number of rotatable bonds is 8. The second-order valence-corrected chi connectivity index (χ2v) is 3.49. The second-order valence-electron chi connectivity index (χ2n) is 3.49. The van der Waals surface area contributed by atoms with Gasteiger partial charge in [0, 0.05) is 20.0 Å². The van der Waals surface area contributed by atoms with Crippen molar-refractivity contribution in [1.29, 1.82) is 0 Å². The van der Waals surface area contributed by atoms with E-state index in [-0.39, 0.29) is 5.78 Å². The Morgan fingerprint density at radius 1 is 1.23 bits per heavy atom. The van der Waals surface area contributed by atoms with Crippen LogP contribution in [0.25, 0.3) is 0 Å².